The number of thioether (sulfide) groups is 1. The summed E-state index contributed by atoms with van der Waals surface area (Å²) in [4.78, 5) is 12.5. The van der Waals surface area contributed by atoms with Crippen LogP contribution in [0, 0.1) is 13.8 Å². The highest BCUT2D eigenvalue weighted by atomic mass is 32.2. The van der Waals surface area contributed by atoms with Crippen LogP contribution >= 0.6 is 11.8 Å². The number of aromatic nitrogens is 3. The van der Waals surface area contributed by atoms with E-state index in [0.717, 1.165) is 40.7 Å². The molecule has 3 rings (SSSR count). The summed E-state index contributed by atoms with van der Waals surface area (Å²) in [6, 6.07) is 8.93. The summed E-state index contributed by atoms with van der Waals surface area (Å²) in [6.45, 7) is 6.21. The van der Waals surface area contributed by atoms with Crippen LogP contribution in [-0.2, 0) is 11.0 Å². The average Bonchev–Trinajstić information content (AvgIpc) is 3.21. The standard InChI is InChI=1S/C22H23F3N4O2S/c1-4-9-31-19-8-6-16(22(23,24)25)11-18(19)27-20(30)12-32-21-28-26-13-29(21)17-7-5-14(2)15(3)10-17/h5-8,10-11,13H,4,9,12H2,1-3H3,(H,27,30). The minimum Gasteiger partial charge on any atom is -0.491 e. The molecule has 0 spiro atoms. The number of aryl methyl sites for hydroxylation is 2. The van der Waals surface area contributed by atoms with Gasteiger partial charge in [-0.1, -0.05) is 24.8 Å². The van der Waals surface area contributed by atoms with Crippen LogP contribution < -0.4 is 10.1 Å². The maximum absolute atomic E-state index is 13.1. The molecular formula is C22H23F3N4O2S. The summed E-state index contributed by atoms with van der Waals surface area (Å²) in [5, 5.41) is 11.0. The molecule has 2 aromatic carbocycles. The molecule has 0 saturated heterocycles. The molecule has 0 saturated carbocycles. The van der Waals surface area contributed by atoms with E-state index in [2.05, 4.69) is 15.5 Å². The van der Waals surface area contributed by atoms with E-state index < -0.39 is 17.6 Å². The molecule has 1 aromatic heterocycles. The Morgan fingerprint density at radius 1 is 1.16 bits per heavy atom. The lowest BCUT2D eigenvalue weighted by Gasteiger charge is -2.15. The van der Waals surface area contributed by atoms with Crippen molar-refractivity contribution < 1.29 is 22.7 Å². The van der Waals surface area contributed by atoms with Gasteiger partial charge in [-0.25, -0.2) is 0 Å². The SMILES string of the molecule is CCCOc1ccc(C(F)(F)F)cc1NC(=O)CSc1nncn1-c1ccc(C)c(C)c1. The van der Waals surface area contributed by atoms with Gasteiger partial charge in [-0.15, -0.1) is 10.2 Å². The van der Waals surface area contributed by atoms with Crippen LogP contribution in [0.15, 0.2) is 47.9 Å². The van der Waals surface area contributed by atoms with Crippen molar-refractivity contribution in [3.8, 4) is 11.4 Å². The number of halogens is 3. The van der Waals surface area contributed by atoms with Crippen LogP contribution in [0.25, 0.3) is 5.69 Å². The van der Waals surface area contributed by atoms with Gasteiger partial charge < -0.3 is 10.1 Å². The Bertz CT molecular complexity index is 1100. The minimum atomic E-state index is -4.53. The zero-order valence-corrected chi connectivity index (χ0v) is 18.7. The number of benzene rings is 2. The first-order valence-corrected chi connectivity index (χ1v) is 10.9. The molecule has 3 aromatic rings. The van der Waals surface area contributed by atoms with Gasteiger partial charge in [0.25, 0.3) is 0 Å². The number of carbonyl (C=O) groups is 1. The fourth-order valence-corrected chi connectivity index (χ4v) is 3.56. The molecule has 0 aliphatic heterocycles. The van der Waals surface area contributed by atoms with E-state index in [0.29, 0.717) is 18.2 Å². The normalized spacial score (nSPS) is 11.4. The zero-order chi connectivity index (χ0) is 23.3. The maximum atomic E-state index is 13.1. The summed E-state index contributed by atoms with van der Waals surface area (Å²) in [6.07, 6.45) is -2.30. The molecule has 32 heavy (non-hydrogen) atoms. The Labute approximate surface area is 188 Å². The van der Waals surface area contributed by atoms with Gasteiger partial charge in [-0.3, -0.25) is 9.36 Å². The molecule has 1 amide bonds. The molecule has 170 valence electrons. The second-order valence-corrected chi connectivity index (χ2v) is 8.09. The number of alkyl halides is 3. The largest absolute Gasteiger partial charge is 0.491 e. The Morgan fingerprint density at radius 2 is 1.94 bits per heavy atom. The Balaban J connectivity index is 1.73. The van der Waals surface area contributed by atoms with Gasteiger partial charge in [0.05, 0.1) is 23.6 Å². The first-order valence-electron chi connectivity index (χ1n) is 9.93. The third-order valence-corrected chi connectivity index (χ3v) is 5.60. The van der Waals surface area contributed by atoms with Gasteiger partial charge >= 0.3 is 6.18 Å². The maximum Gasteiger partial charge on any atom is 0.416 e. The van der Waals surface area contributed by atoms with E-state index in [4.69, 9.17) is 4.74 Å². The quantitative estimate of drug-likeness (QED) is 0.451. The van der Waals surface area contributed by atoms with E-state index in [1.54, 1.807) is 10.9 Å². The molecule has 1 N–H and O–H groups in total. The van der Waals surface area contributed by atoms with E-state index in [1.165, 1.54) is 6.07 Å². The predicted octanol–water partition coefficient (Wildman–Crippen LogP) is 5.42. The van der Waals surface area contributed by atoms with Crippen molar-refractivity contribution in [2.24, 2.45) is 0 Å². The number of hydrogen-bond donors (Lipinski definition) is 1. The number of amides is 1. The van der Waals surface area contributed by atoms with Crippen LogP contribution in [0.3, 0.4) is 0 Å². The lowest BCUT2D eigenvalue weighted by atomic mass is 10.1. The van der Waals surface area contributed by atoms with Crippen molar-refractivity contribution in [3.63, 3.8) is 0 Å². The van der Waals surface area contributed by atoms with E-state index in [-0.39, 0.29) is 17.2 Å². The molecule has 0 aliphatic rings. The van der Waals surface area contributed by atoms with Gasteiger partial charge in [0.2, 0.25) is 5.91 Å². The Hall–Kier alpha value is -3.01. The van der Waals surface area contributed by atoms with Crippen molar-refractivity contribution in [2.75, 3.05) is 17.7 Å². The fourth-order valence-electron chi connectivity index (χ4n) is 2.83. The molecular weight excluding hydrogens is 441 g/mol. The van der Waals surface area contributed by atoms with Crippen molar-refractivity contribution in [3.05, 3.63) is 59.4 Å². The number of hydrogen-bond acceptors (Lipinski definition) is 5. The molecule has 0 unspecified atom stereocenters. The van der Waals surface area contributed by atoms with Crippen LogP contribution in [0.4, 0.5) is 18.9 Å². The topological polar surface area (TPSA) is 69.0 Å². The Morgan fingerprint density at radius 3 is 2.62 bits per heavy atom. The molecule has 0 atom stereocenters. The lowest BCUT2D eigenvalue weighted by Crippen LogP contribution is -2.16. The summed E-state index contributed by atoms with van der Waals surface area (Å²) in [5.74, 6) is -0.352. The molecule has 6 nitrogen and oxygen atoms in total. The average molecular weight is 465 g/mol. The molecule has 0 fully saturated rings. The number of rotatable bonds is 8. The summed E-state index contributed by atoms with van der Waals surface area (Å²) in [7, 11) is 0. The lowest BCUT2D eigenvalue weighted by molar-refractivity contribution is -0.137. The van der Waals surface area contributed by atoms with Gasteiger partial charge in [-0.05, 0) is 61.7 Å². The highest BCUT2D eigenvalue weighted by Crippen LogP contribution is 2.35. The van der Waals surface area contributed by atoms with E-state index >= 15 is 0 Å². The first kappa shape index (κ1) is 23.6. The monoisotopic (exact) mass is 464 g/mol. The predicted molar refractivity (Wildman–Crippen MR) is 117 cm³/mol. The van der Waals surface area contributed by atoms with Gasteiger partial charge in [0.15, 0.2) is 5.16 Å². The van der Waals surface area contributed by atoms with Crippen LogP contribution in [0.1, 0.15) is 30.0 Å². The molecule has 10 heteroatoms. The zero-order valence-electron chi connectivity index (χ0n) is 17.9. The van der Waals surface area contributed by atoms with Gasteiger partial charge in [0, 0.05) is 5.69 Å². The number of nitrogens with zero attached hydrogens (tertiary/aromatic N) is 3. The van der Waals surface area contributed by atoms with Crippen LogP contribution in [0.2, 0.25) is 0 Å². The molecule has 1 heterocycles. The van der Waals surface area contributed by atoms with Crippen LogP contribution in [-0.4, -0.2) is 33.0 Å². The van der Waals surface area contributed by atoms with Crippen molar-refractivity contribution in [2.45, 2.75) is 38.5 Å². The number of anilines is 1. The van der Waals surface area contributed by atoms with E-state index in [1.807, 2.05) is 39.0 Å². The van der Waals surface area contributed by atoms with Crippen molar-refractivity contribution >= 4 is 23.4 Å². The smallest absolute Gasteiger partial charge is 0.416 e. The summed E-state index contributed by atoms with van der Waals surface area (Å²) < 4.78 is 46.6. The van der Waals surface area contributed by atoms with Crippen molar-refractivity contribution in [1.82, 2.24) is 14.8 Å². The third kappa shape index (κ3) is 5.82. The Kier molecular flexibility index (Phi) is 7.44. The number of ether oxygens (including phenoxy) is 1. The number of nitrogens with one attached hydrogen (secondary N) is 1. The second-order valence-electron chi connectivity index (χ2n) is 7.15. The van der Waals surface area contributed by atoms with Crippen LogP contribution in [0.5, 0.6) is 5.75 Å². The van der Waals surface area contributed by atoms with Gasteiger partial charge in [0.1, 0.15) is 12.1 Å². The number of carbonyl (C=O) groups excluding carboxylic acids is 1. The molecule has 0 bridgehead atoms. The molecule has 0 radical (unpaired) electrons. The highest BCUT2D eigenvalue weighted by molar-refractivity contribution is 7.99. The summed E-state index contributed by atoms with van der Waals surface area (Å²) in [5.41, 5.74) is 2.23. The molecule has 0 aliphatic carbocycles. The third-order valence-electron chi connectivity index (χ3n) is 4.66. The van der Waals surface area contributed by atoms with Crippen molar-refractivity contribution in [1.29, 1.82) is 0 Å². The van der Waals surface area contributed by atoms with E-state index in [9.17, 15) is 18.0 Å². The first-order chi connectivity index (χ1) is 15.2. The second kappa shape index (κ2) is 10.1. The van der Waals surface area contributed by atoms with Gasteiger partial charge in [-0.2, -0.15) is 13.2 Å². The fraction of sp³-hybridized carbons (Fsp3) is 0.318. The minimum absolute atomic E-state index is 0.0190. The summed E-state index contributed by atoms with van der Waals surface area (Å²) >= 11 is 1.13. The highest BCUT2D eigenvalue weighted by Gasteiger charge is 2.31.